The first-order chi connectivity index (χ1) is 10.5. The summed E-state index contributed by atoms with van der Waals surface area (Å²) in [6.45, 7) is 4.44. The van der Waals surface area contributed by atoms with Gasteiger partial charge in [0.05, 0.1) is 5.02 Å². The van der Waals surface area contributed by atoms with E-state index in [9.17, 15) is 9.59 Å². The first-order valence-electron chi connectivity index (χ1n) is 7.10. The third-order valence-corrected chi connectivity index (χ3v) is 3.46. The normalized spacial score (nSPS) is 14.1. The molecule has 1 aromatic carbocycles. The first-order valence-corrected chi connectivity index (χ1v) is 7.48. The van der Waals surface area contributed by atoms with Gasteiger partial charge < -0.3 is 20.1 Å². The average molecular weight is 327 g/mol. The van der Waals surface area contributed by atoms with E-state index in [4.69, 9.17) is 21.1 Å². The molecular weight excluding hydrogens is 308 g/mol. The molecule has 0 saturated heterocycles. The highest BCUT2D eigenvalue weighted by Gasteiger charge is 2.17. The molecule has 0 aliphatic carbocycles. The monoisotopic (exact) mass is 326 g/mol. The number of benzene rings is 1. The maximum atomic E-state index is 11.8. The zero-order valence-corrected chi connectivity index (χ0v) is 13.3. The zero-order chi connectivity index (χ0) is 16.1. The molecule has 0 spiro atoms. The van der Waals surface area contributed by atoms with Crippen molar-refractivity contribution in [3.05, 3.63) is 22.7 Å². The number of ether oxygens (including phenoxy) is 2. The molecular formula is C15H19ClN2O4. The number of carbonyl (C=O) groups excluding carboxylic acids is 2. The third kappa shape index (κ3) is 4.27. The first kappa shape index (κ1) is 16.4. The molecule has 1 atom stereocenters. The maximum absolute atomic E-state index is 11.8. The lowest BCUT2D eigenvalue weighted by molar-refractivity contribution is -0.127. The van der Waals surface area contributed by atoms with Crippen LogP contribution in [0.5, 0.6) is 11.5 Å². The number of fused-ring (bicyclic) bond motifs is 1. The van der Waals surface area contributed by atoms with Crippen LogP contribution < -0.4 is 20.1 Å². The molecule has 0 radical (unpaired) electrons. The Morgan fingerprint density at radius 1 is 1.32 bits per heavy atom. The molecule has 0 aromatic heterocycles. The zero-order valence-electron chi connectivity index (χ0n) is 12.6. The van der Waals surface area contributed by atoms with Crippen molar-refractivity contribution < 1.29 is 19.1 Å². The molecule has 1 unspecified atom stereocenters. The van der Waals surface area contributed by atoms with Gasteiger partial charge in [0.15, 0.2) is 11.5 Å². The summed E-state index contributed by atoms with van der Waals surface area (Å²) in [6, 6.07) is 3.11. The number of rotatable bonds is 5. The van der Waals surface area contributed by atoms with Gasteiger partial charge in [-0.1, -0.05) is 11.6 Å². The number of amides is 2. The second kappa shape index (κ2) is 7.35. The van der Waals surface area contributed by atoms with Crippen LogP contribution in [0.25, 0.3) is 0 Å². The number of hydrogen-bond acceptors (Lipinski definition) is 4. The quantitative estimate of drug-likeness (QED) is 0.855. The highest BCUT2D eigenvalue weighted by atomic mass is 35.5. The van der Waals surface area contributed by atoms with Gasteiger partial charge in [0.25, 0.3) is 0 Å². The Morgan fingerprint density at radius 3 is 2.77 bits per heavy atom. The van der Waals surface area contributed by atoms with Crippen LogP contribution in [0, 0.1) is 0 Å². The van der Waals surface area contributed by atoms with E-state index in [1.165, 1.54) is 6.92 Å². The van der Waals surface area contributed by atoms with Crippen molar-refractivity contribution in [2.24, 2.45) is 0 Å². The minimum Gasteiger partial charge on any atom is -0.486 e. The largest absolute Gasteiger partial charge is 0.486 e. The van der Waals surface area contributed by atoms with Crippen molar-refractivity contribution in [3.63, 3.8) is 0 Å². The predicted molar refractivity (Wildman–Crippen MR) is 82.4 cm³/mol. The average Bonchev–Trinajstić information content (AvgIpc) is 2.46. The molecule has 1 heterocycles. The van der Waals surface area contributed by atoms with E-state index < -0.39 is 6.04 Å². The highest BCUT2D eigenvalue weighted by molar-refractivity contribution is 6.32. The van der Waals surface area contributed by atoms with Crippen LogP contribution in [-0.4, -0.2) is 37.6 Å². The summed E-state index contributed by atoms with van der Waals surface area (Å²) in [6.07, 6.45) is 0.606. The van der Waals surface area contributed by atoms with E-state index in [1.54, 1.807) is 13.0 Å². The maximum Gasteiger partial charge on any atom is 0.242 e. The molecule has 22 heavy (non-hydrogen) atoms. The Bertz CT molecular complexity index is 577. The van der Waals surface area contributed by atoms with Crippen molar-refractivity contribution in [1.29, 1.82) is 0 Å². The summed E-state index contributed by atoms with van der Waals surface area (Å²) in [7, 11) is 0. The standard InChI is InChI=1S/C15H19ClN2O4/c1-9(18-10(2)19)15(20)17-4-3-11-7-12(16)14-13(8-11)21-5-6-22-14/h7-9H,3-6H2,1-2H3,(H,17,20)(H,18,19). The van der Waals surface area contributed by atoms with Gasteiger partial charge in [-0.2, -0.15) is 0 Å². The number of halogens is 1. The van der Waals surface area contributed by atoms with Gasteiger partial charge in [-0.15, -0.1) is 0 Å². The summed E-state index contributed by atoms with van der Waals surface area (Å²) in [5.74, 6) is 0.742. The van der Waals surface area contributed by atoms with Gasteiger partial charge in [0, 0.05) is 13.5 Å². The second-order valence-electron chi connectivity index (χ2n) is 5.07. The molecule has 120 valence electrons. The number of carbonyl (C=O) groups is 2. The molecule has 1 aromatic rings. The Labute approximate surface area is 134 Å². The molecule has 0 fully saturated rings. The Morgan fingerprint density at radius 2 is 2.05 bits per heavy atom. The van der Waals surface area contributed by atoms with Crippen molar-refractivity contribution in [1.82, 2.24) is 10.6 Å². The van der Waals surface area contributed by atoms with E-state index in [1.807, 2.05) is 6.07 Å². The molecule has 0 saturated carbocycles. The van der Waals surface area contributed by atoms with Crippen LogP contribution in [0.15, 0.2) is 12.1 Å². The van der Waals surface area contributed by atoms with Gasteiger partial charge in [0.2, 0.25) is 11.8 Å². The Balaban J connectivity index is 1.88. The summed E-state index contributed by atoms with van der Waals surface area (Å²) >= 11 is 6.16. The molecule has 2 rings (SSSR count). The number of hydrogen-bond donors (Lipinski definition) is 2. The summed E-state index contributed by atoms with van der Waals surface area (Å²) in [5, 5.41) is 5.80. The van der Waals surface area contributed by atoms with Crippen LogP contribution in [-0.2, 0) is 16.0 Å². The van der Waals surface area contributed by atoms with Crippen molar-refractivity contribution >= 4 is 23.4 Å². The minimum atomic E-state index is -0.554. The fourth-order valence-corrected chi connectivity index (χ4v) is 2.45. The Kier molecular flexibility index (Phi) is 5.49. The van der Waals surface area contributed by atoms with Crippen molar-refractivity contribution in [2.75, 3.05) is 19.8 Å². The van der Waals surface area contributed by atoms with Crippen LogP contribution in [0.4, 0.5) is 0 Å². The predicted octanol–water partition coefficient (Wildman–Crippen LogP) is 1.29. The number of nitrogens with one attached hydrogen (secondary N) is 2. The Hall–Kier alpha value is -1.95. The lowest BCUT2D eigenvalue weighted by atomic mass is 10.1. The van der Waals surface area contributed by atoms with Gasteiger partial charge in [-0.25, -0.2) is 0 Å². The molecule has 7 heteroatoms. The lowest BCUT2D eigenvalue weighted by Crippen LogP contribution is -2.44. The van der Waals surface area contributed by atoms with E-state index in [0.717, 1.165) is 5.56 Å². The molecule has 6 nitrogen and oxygen atoms in total. The highest BCUT2D eigenvalue weighted by Crippen LogP contribution is 2.38. The van der Waals surface area contributed by atoms with E-state index >= 15 is 0 Å². The van der Waals surface area contributed by atoms with Gasteiger partial charge in [-0.05, 0) is 31.0 Å². The van der Waals surface area contributed by atoms with E-state index in [0.29, 0.717) is 42.7 Å². The SMILES string of the molecule is CC(=O)NC(C)C(=O)NCCc1cc(Cl)c2c(c1)OCCO2. The lowest BCUT2D eigenvalue weighted by Gasteiger charge is -2.20. The fraction of sp³-hybridized carbons (Fsp3) is 0.467. The molecule has 1 aliphatic heterocycles. The minimum absolute atomic E-state index is 0.223. The van der Waals surface area contributed by atoms with Crippen molar-refractivity contribution in [2.45, 2.75) is 26.3 Å². The topological polar surface area (TPSA) is 76.7 Å². The van der Waals surface area contributed by atoms with Crippen LogP contribution >= 0.6 is 11.6 Å². The van der Waals surface area contributed by atoms with Gasteiger partial charge >= 0.3 is 0 Å². The third-order valence-electron chi connectivity index (χ3n) is 3.18. The van der Waals surface area contributed by atoms with Crippen molar-refractivity contribution in [3.8, 4) is 11.5 Å². The molecule has 2 amide bonds. The van der Waals surface area contributed by atoms with E-state index in [-0.39, 0.29) is 11.8 Å². The molecule has 0 bridgehead atoms. The van der Waals surface area contributed by atoms with Crippen LogP contribution in [0.2, 0.25) is 5.02 Å². The summed E-state index contributed by atoms with van der Waals surface area (Å²) < 4.78 is 11.0. The smallest absolute Gasteiger partial charge is 0.242 e. The van der Waals surface area contributed by atoms with Crippen LogP contribution in [0.1, 0.15) is 19.4 Å². The van der Waals surface area contributed by atoms with Gasteiger partial charge in [0.1, 0.15) is 19.3 Å². The fourth-order valence-electron chi connectivity index (χ4n) is 2.16. The van der Waals surface area contributed by atoms with Crippen LogP contribution in [0.3, 0.4) is 0 Å². The summed E-state index contributed by atoms with van der Waals surface area (Å²) in [4.78, 5) is 22.7. The summed E-state index contributed by atoms with van der Waals surface area (Å²) in [5.41, 5.74) is 0.946. The molecule has 1 aliphatic rings. The van der Waals surface area contributed by atoms with E-state index in [2.05, 4.69) is 10.6 Å². The van der Waals surface area contributed by atoms with Gasteiger partial charge in [-0.3, -0.25) is 9.59 Å². The second-order valence-corrected chi connectivity index (χ2v) is 5.47. The molecule has 2 N–H and O–H groups in total.